The molecule has 2 aromatic carbocycles. The van der Waals surface area contributed by atoms with E-state index in [-0.39, 0.29) is 39.6 Å². The predicted molar refractivity (Wildman–Crippen MR) is 118 cm³/mol. The van der Waals surface area contributed by atoms with Gasteiger partial charge in [-0.3, -0.25) is 14.9 Å². The van der Waals surface area contributed by atoms with E-state index in [1.165, 1.54) is 12.1 Å². The number of nitro benzene ring substituents is 1. The summed E-state index contributed by atoms with van der Waals surface area (Å²) in [7, 11) is 0. The van der Waals surface area contributed by atoms with E-state index in [0.717, 1.165) is 16.3 Å². The standard InChI is InChI=1S/C22H23ClN4O4/c1-13(2)31-21-24-19(14-6-8-15(9-7-14)22(3,4)5)26(25-21)20(28)17-11-10-16(27(29)30)12-18(17)23/h6-13H,1-5H3. The van der Waals surface area contributed by atoms with Crippen LogP contribution in [0, 0.1) is 10.1 Å². The van der Waals surface area contributed by atoms with Crippen LogP contribution in [0.25, 0.3) is 11.4 Å². The number of carbonyl (C=O) groups is 1. The highest BCUT2D eigenvalue weighted by Gasteiger charge is 2.24. The van der Waals surface area contributed by atoms with Crippen LogP contribution in [0.4, 0.5) is 5.69 Å². The summed E-state index contributed by atoms with van der Waals surface area (Å²) in [5.41, 5.74) is 1.64. The van der Waals surface area contributed by atoms with Crippen molar-refractivity contribution in [3.63, 3.8) is 0 Å². The topological polar surface area (TPSA) is 100 Å². The lowest BCUT2D eigenvalue weighted by molar-refractivity contribution is -0.384. The lowest BCUT2D eigenvalue weighted by Crippen LogP contribution is -2.16. The minimum absolute atomic E-state index is 0.0276. The molecule has 31 heavy (non-hydrogen) atoms. The molecular weight excluding hydrogens is 420 g/mol. The lowest BCUT2D eigenvalue weighted by Gasteiger charge is -2.19. The van der Waals surface area contributed by atoms with Crippen molar-refractivity contribution >= 4 is 23.2 Å². The molecule has 9 heteroatoms. The van der Waals surface area contributed by atoms with Gasteiger partial charge in [0.2, 0.25) is 0 Å². The van der Waals surface area contributed by atoms with E-state index in [2.05, 4.69) is 30.9 Å². The lowest BCUT2D eigenvalue weighted by atomic mass is 9.87. The van der Waals surface area contributed by atoms with Crippen LogP contribution in [-0.2, 0) is 5.41 Å². The van der Waals surface area contributed by atoms with E-state index >= 15 is 0 Å². The highest BCUT2D eigenvalue weighted by Crippen LogP contribution is 2.28. The van der Waals surface area contributed by atoms with Gasteiger partial charge in [0, 0.05) is 17.7 Å². The van der Waals surface area contributed by atoms with E-state index in [1.807, 2.05) is 38.1 Å². The molecule has 0 aliphatic heterocycles. The minimum Gasteiger partial charge on any atom is -0.460 e. The fourth-order valence-corrected chi connectivity index (χ4v) is 3.16. The zero-order valence-corrected chi connectivity index (χ0v) is 18.7. The first kappa shape index (κ1) is 22.4. The first-order chi connectivity index (χ1) is 14.5. The molecule has 1 heterocycles. The van der Waals surface area contributed by atoms with Gasteiger partial charge in [0.1, 0.15) is 0 Å². The van der Waals surface area contributed by atoms with Gasteiger partial charge in [0.05, 0.1) is 21.6 Å². The Hall–Kier alpha value is -3.26. The van der Waals surface area contributed by atoms with Gasteiger partial charge in [-0.15, -0.1) is 5.10 Å². The third-order valence-electron chi connectivity index (χ3n) is 4.52. The molecule has 0 N–H and O–H groups in total. The molecular formula is C22H23ClN4O4. The molecule has 3 rings (SSSR count). The number of nitro groups is 1. The summed E-state index contributed by atoms with van der Waals surface area (Å²) in [4.78, 5) is 28.0. The molecule has 162 valence electrons. The molecule has 0 saturated carbocycles. The monoisotopic (exact) mass is 442 g/mol. The largest absolute Gasteiger partial charge is 0.460 e. The van der Waals surface area contributed by atoms with Gasteiger partial charge < -0.3 is 4.74 Å². The molecule has 0 spiro atoms. The zero-order chi connectivity index (χ0) is 22.9. The molecule has 0 fully saturated rings. The molecule has 0 aliphatic rings. The molecule has 0 aliphatic carbocycles. The van der Waals surface area contributed by atoms with Crippen LogP contribution >= 0.6 is 11.6 Å². The number of aromatic nitrogens is 3. The molecule has 0 amide bonds. The number of nitrogens with zero attached hydrogens (tertiary/aromatic N) is 4. The van der Waals surface area contributed by atoms with Crippen molar-refractivity contribution in [3.05, 3.63) is 68.7 Å². The average molecular weight is 443 g/mol. The highest BCUT2D eigenvalue weighted by atomic mass is 35.5. The number of benzene rings is 2. The molecule has 0 atom stereocenters. The second kappa shape index (κ2) is 8.47. The normalized spacial score (nSPS) is 11.6. The van der Waals surface area contributed by atoms with Crippen LogP contribution in [0.1, 0.15) is 50.5 Å². The molecule has 0 unspecified atom stereocenters. The fourth-order valence-electron chi connectivity index (χ4n) is 2.91. The fraction of sp³-hybridized carbons (Fsp3) is 0.318. The third kappa shape index (κ3) is 4.91. The molecule has 0 saturated heterocycles. The number of hydrogen-bond donors (Lipinski definition) is 0. The van der Waals surface area contributed by atoms with Crippen molar-refractivity contribution in [2.24, 2.45) is 0 Å². The quantitative estimate of drug-likeness (QED) is 0.393. The SMILES string of the molecule is CC(C)Oc1nc(-c2ccc(C(C)(C)C)cc2)n(C(=O)c2ccc([N+](=O)[O-])cc2Cl)n1. The van der Waals surface area contributed by atoms with Gasteiger partial charge in [0.25, 0.3) is 11.6 Å². The maximum atomic E-state index is 13.2. The summed E-state index contributed by atoms with van der Waals surface area (Å²) in [6.45, 7) is 9.98. The number of non-ortho nitro benzene ring substituents is 1. The maximum absolute atomic E-state index is 13.2. The molecule has 0 radical (unpaired) electrons. The summed E-state index contributed by atoms with van der Waals surface area (Å²) in [5, 5.41) is 15.1. The number of hydrogen-bond acceptors (Lipinski definition) is 6. The number of rotatable bonds is 5. The van der Waals surface area contributed by atoms with Crippen LogP contribution in [0.3, 0.4) is 0 Å². The van der Waals surface area contributed by atoms with Gasteiger partial charge in [-0.1, -0.05) is 56.6 Å². The van der Waals surface area contributed by atoms with Crippen molar-refractivity contribution < 1.29 is 14.5 Å². The number of carbonyl (C=O) groups excluding carboxylic acids is 1. The first-order valence-corrected chi connectivity index (χ1v) is 10.1. The van der Waals surface area contributed by atoms with Crippen LogP contribution in [0.5, 0.6) is 6.01 Å². The first-order valence-electron chi connectivity index (χ1n) is 9.70. The van der Waals surface area contributed by atoms with Gasteiger partial charge in [-0.25, -0.2) is 0 Å². The van der Waals surface area contributed by atoms with E-state index < -0.39 is 10.8 Å². The van der Waals surface area contributed by atoms with E-state index in [4.69, 9.17) is 16.3 Å². The van der Waals surface area contributed by atoms with Gasteiger partial charge >= 0.3 is 6.01 Å². The van der Waals surface area contributed by atoms with Crippen molar-refractivity contribution in [1.82, 2.24) is 14.8 Å². The Morgan fingerprint density at radius 2 is 1.81 bits per heavy atom. The average Bonchev–Trinajstić information content (AvgIpc) is 3.09. The number of ether oxygens (including phenoxy) is 1. The van der Waals surface area contributed by atoms with Crippen LogP contribution in [-0.4, -0.2) is 31.7 Å². The minimum atomic E-state index is -0.577. The summed E-state index contributed by atoms with van der Waals surface area (Å²) < 4.78 is 6.69. The van der Waals surface area contributed by atoms with Gasteiger partial charge in [-0.2, -0.15) is 9.67 Å². The zero-order valence-electron chi connectivity index (χ0n) is 17.9. The van der Waals surface area contributed by atoms with E-state index in [0.29, 0.717) is 5.56 Å². The second-order valence-corrected chi connectivity index (χ2v) is 8.76. The summed E-state index contributed by atoms with van der Waals surface area (Å²) in [6.07, 6.45) is -0.190. The van der Waals surface area contributed by atoms with Crippen LogP contribution < -0.4 is 4.74 Å². The second-order valence-electron chi connectivity index (χ2n) is 8.35. The highest BCUT2D eigenvalue weighted by molar-refractivity contribution is 6.34. The third-order valence-corrected chi connectivity index (χ3v) is 4.84. The smallest absolute Gasteiger partial charge is 0.336 e. The van der Waals surface area contributed by atoms with Crippen LogP contribution in [0.2, 0.25) is 5.02 Å². The Morgan fingerprint density at radius 3 is 2.32 bits per heavy atom. The van der Waals surface area contributed by atoms with Crippen LogP contribution in [0.15, 0.2) is 42.5 Å². The van der Waals surface area contributed by atoms with Crippen molar-refractivity contribution in [3.8, 4) is 17.4 Å². The molecule has 3 aromatic rings. The Balaban J connectivity index is 2.08. The summed E-state index contributed by atoms with van der Waals surface area (Å²) >= 11 is 6.16. The molecule has 0 bridgehead atoms. The Morgan fingerprint density at radius 1 is 1.16 bits per heavy atom. The predicted octanol–water partition coefficient (Wildman–Crippen LogP) is 5.28. The Bertz CT molecular complexity index is 1130. The van der Waals surface area contributed by atoms with Gasteiger partial charge in [0.15, 0.2) is 5.82 Å². The van der Waals surface area contributed by atoms with Crippen molar-refractivity contribution in [2.75, 3.05) is 0 Å². The van der Waals surface area contributed by atoms with Crippen molar-refractivity contribution in [1.29, 1.82) is 0 Å². The molecule has 1 aromatic heterocycles. The van der Waals surface area contributed by atoms with Gasteiger partial charge in [-0.05, 0) is 30.9 Å². The van der Waals surface area contributed by atoms with E-state index in [1.54, 1.807) is 0 Å². The molecule has 8 nitrogen and oxygen atoms in total. The Kier molecular flexibility index (Phi) is 6.13. The number of halogens is 1. The van der Waals surface area contributed by atoms with Crippen molar-refractivity contribution in [2.45, 2.75) is 46.1 Å². The summed E-state index contributed by atoms with van der Waals surface area (Å²) in [6, 6.07) is 11.4. The Labute approximate surface area is 185 Å². The summed E-state index contributed by atoms with van der Waals surface area (Å²) in [5.74, 6) is -0.281. The van der Waals surface area contributed by atoms with E-state index in [9.17, 15) is 14.9 Å². The maximum Gasteiger partial charge on any atom is 0.336 e.